The van der Waals surface area contributed by atoms with Crippen LogP contribution in [0.25, 0.3) is 5.69 Å². The van der Waals surface area contributed by atoms with Crippen molar-refractivity contribution in [3.05, 3.63) is 76.2 Å². The van der Waals surface area contributed by atoms with Crippen molar-refractivity contribution in [2.24, 2.45) is 5.41 Å². The Labute approximate surface area is 227 Å². The van der Waals surface area contributed by atoms with E-state index in [2.05, 4.69) is 12.0 Å². The summed E-state index contributed by atoms with van der Waals surface area (Å²) in [6, 6.07) is 16.0. The van der Waals surface area contributed by atoms with Crippen LogP contribution in [-0.2, 0) is 9.09 Å². The second-order valence-electron chi connectivity index (χ2n) is 9.89. The normalized spacial score (nSPS) is 18.6. The molecule has 1 saturated heterocycles. The molecule has 2 fully saturated rings. The monoisotopic (exact) mass is 558 g/mol. The van der Waals surface area contributed by atoms with Crippen LogP contribution in [0.3, 0.4) is 0 Å². The number of benzene rings is 2. The SMILES string of the molecule is CCOP(=O)(Oc1ccccc1)N1CCN(c2cnn(-c3cccc(Cl)c3)c(=O)c2OCC2(C)CC2)CC1. The summed E-state index contributed by atoms with van der Waals surface area (Å²) < 4.78 is 34.5. The molecule has 0 radical (unpaired) electrons. The van der Waals surface area contributed by atoms with E-state index in [1.54, 1.807) is 54.2 Å². The molecule has 1 unspecified atom stereocenters. The van der Waals surface area contributed by atoms with Crippen molar-refractivity contribution in [1.29, 1.82) is 0 Å². The van der Waals surface area contributed by atoms with E-state index in [1.807, 2.05) is 23.1 Å². The molecule has 0 spiro atoms. The number of halogens is 1. The lowest BCUT2D eigenvalue weighted by Gasteiger charge is -2.38. The highest BCUT2D eigenvalue weighted by Gasteiger charge is 2.40. The molecular weight excluding hydrogens is 527 g/mol. The van der Waals surface area contributed by atoms with E-state index in [9.17, 15) is 9.36 Å². The molecule has 3 aromatic rings. The van der Waals surface area contributed by atoms with Crippen LogP contribution >= 0.6 is 19.3 Å². The van der Waals surface area contributed by atoms with Crippen LogP contribution in [-0.4, -0.2) is 53.8 Å². The lowest BCUT2D eigenvalue weighted by molar-refractivity contribution is 0.210. The third-order valence-corrected chi connectivity index (χ3v) is 9.19. The Kier molecular flexibility index (Phi) is 7.82. The third kappa shape index (κ3) is 5.91. The van der Waals surface area contributed by atoms with E-state index in [1.165, 1.54) is 4.68 Å². The topological polar surface area (TPSA) is 86.1 Å². The van der Waals surface area contributed by atoms with Crippen LogP contribution < -0.4 is 19.7 Å². The van der Waals surface area contributed by atoms with Crippen LogP contribution in [0, 0.1) is 5.41 Å². The molecule has 0 N–H and O–H groups in total. The van der Waals surface area contributed by atoms with Crippen molar-refractivity contribution in [3.8, 4) is 17.2 Å². The quantitative estimate of drug-likeness (QED) is 0.305. The molecule has 0 bridgehead atoms. The summed E-state index contributed by atoms with van der Waals surface area (Å²) in [6.45, 7) is 6.47. The Bertz CT molecular complexity index is 1370. The molecule has 5 rings (SSSR count). The molecular formula is C27H32ClN4O5P. The molecule has 1 aliphatic carbocycles. The first kappa shape index (κ1) is 26.8. The Morgan fingerprint density at radius 2 is 1.79 bits per heavy atom. The van der Waals surface area contributed by atoms with Gasteiger partial charge in [-0.2, -0.15) is 14.5 Å². The fraction of sp³-hybridized carbons (Fsp3) is 0.407. The standard InChI is InChI=1S/C27H32ClN4O5P/c1-3-36-38(34,37-23-10-5-4-6-11-23)31-16-14-30(15-17-31)24-19-29-32(22-9-7-8-21(28)18-22)26(33)25(24)35-20-27(2)12-13-27/h4-11,18-19H,3,12-17,20H2,1-2H3. The molecule has 1 aromatic heterocycles. The van der Waals surface area contributed by atoms with Gasteiger partial charge in [-0.05, 0) is 50.1 Å². The van der Waals surface area contributed by atoms with Crippen molar-refractivity contribution in [1.82, 2.24) is 14.5 Å². The molecule has 11 heteroatoms. The number of hydrogen-bond donors (Lipinski definition) is 0. The Balaban J connectivity index is 1.38. The van der Waals surface area contributed by atoms with Crippen molar-refractivity contribution < 1.29 is 18.3 Å². The minimum absolute atomic E-state index is 0.0888. The predicted octanol–water partition coefficient (Wildman–Crippen LogP) is 5.41. The highest BCUT2D eigenvalue weighted by atomic mass is 35.5. The average Bonchev–Trinajstić information content (AvgIpc) is 3.65. The third-order valence-electron chi connectivity index (χ3n) is 6.84. The molecule has 2 aliphatic rings. The predicted molar refractivity (Wildman–Crippen MR) is 148 cm³/mol. The molecule has 38 heavy (non-hydrogen) atoms. The van der Waals surface area contributed by atoms with Crippen LogP contribution in [0.5, 0.6) is 11.5 Å². The van der Waals surface area contributed by atoms with Crippen LogP contribution in [0.4, 0.5) is 5.69 Å². The summed E-state index contributed by atoms with van der Waals surface area (Å²) in [6.07, 6.45) is 3.80. The zero-order chi connectivity index (χ0) is 26.8. The summed E-state index contributed by atoms with van der Waals surface area (Å²) in [4.78, 5) is 15.6. The maximum atomic E-state index is 13.7. The molecule has 1 saturated carbocycles. The van der Waals surface area contributed by atoms with E-state index in [0.717, 1.165) is 12.8 Å². The summed E-state index contributed by atoms with van der Waals surface area (Å²) in [5.74, 6) is 0.750. The van der Waals surface area contributed by atoms with Gasteiger partial charge in [-0.15, -0.1) is 0 Å². The summed E-state index contributed by atoms with van der Waals surface area (Å²) in [7, 11) is -3.55. The van der Waals surface area contributed by atoms with Crippen molar-refractivity contribution in [3.63, 3.8) is 0 Å². The fourth-order valence-corrected chi connectivity index (χ4v) is 6.21. The number of para-hydroxylation sites is 1. The largest absolute Gasteiger partial charge is 0.486 e. The van der Waals surface area contributed by atoms with Gasteiger partial charge in [0.25, 0.3) is 0 Å². The molecule has 0 amide bonds. The number of anilines is 1. The molecule has 202 valence electrons. The van der Waals surface area contributed by atoms with Crippen LogP contribution in [0.1, 0.15) is 26.7 Å². The van der Waals surface area contributed by atoms with E-state index >= 15 is 0 Å². The average molecular weight is 559 g/mol. The second kappa shape index (κ2) is 11.1. The van der Waals surface area contributed by atoms with Crippen LogP contribution in [0.2, 0.25) is 5.02 Å². The van der Waals surface area contributed by atoms with Gasteiger partial charge in [-0.3, -0.25) is 9.32 Å². The van der Waals surface area contributed by atoms with E-state index < -0.39 is 7.75 Å². The van der Waals surface area contributed by atoms with Crippen molar-refractivity contribution in [2.45, 2.75) is 26.7 Å². The van der Waals surface area contributed by atoms with Gasteiger partial charge >= 0.3 is 13.3 Å². The van der Waals surface area contributed by atoms with Crippen molar-refractivity contribution >= 4 is 25.0 Å². The van der Waals surface area contributed by atoms with Gasteiger partial charge in [0, 0.05) is 36.6 Å². The van der Waals surface area contributed by atoms with E-state index in [0.29, 0.717) is 54.9 Å². The zero-order valence-corrected chi connectivity index (χ0v) is 23.2. The Morgan fingerprint density at radius 3 is 2.45 bits per heavy atom. The van der Waals surface area contributed by atoms with Gasteiger partial charge in [0.1, 0.15) is 11.4 Å². The minimum atomic E-state index is -3.55. The minimum Gasteiger partial charge on any atom is -0.486 e. The highest BCUT2D eigenvalue weighted by molar-refractivity contribution is 7.51. The second-order valence-corrected chi connectivity index (χ2v) is 12.3. The summed E-state index contributed by atoms with van der Waals surface area (Å²) >= 11 is 6.16. The van der Waals surface area contributed by atoms with Crippen molar-refractivity contribution in [2.75, 3.05) is 44.3 Å². The maximum Gasteiger partial charge on any atom is 0.461 e. The molecule has 9 nitrogen and oxygen atoms in total. The van der Waals surface area contributed by atoms with E-state index in [4.69, 9.17) is 25.4 Å². The number of hydrogen-bond acceptors (Lipinski definition) is 7. The van der Waals surface area contributed by atoms with Gasteiger partial charge in [0.05, 0.1) is 25.1 Å². The molecule has 1 aliphatic heterocycles. The highest BCUT2D eigenvalue weighted by Crippen LogP contribution is 2.52. The summed E-state index contributed by atoms with van der Waals surface area (Å²) in [5, 5.41) is 4.96. The molecule has 2 heterocycles. The molecule has 2 aromatic carbocycles. The zero-order valence-electron chi connectivity index (χ0n) is 21.6. The first-order valence-electron chi connectivity index (χ1n) is 12.8. The van der Waals surface area contributed by atoms with Gasteiger partial charge in [0.15, 0.2) is 0 Å². The van der Waals surface area contributed by atoms with Gasteiger partial charge in [-0.1, -0.05) is 42.8 Å². The van der Waals surface area contributed by atoms with Gasteiger partial charge in [-0.25, -0.2) is 4.57 Å². The number of ether oxygens (including phenoxy) is 1. The Hall–Kier alpha value is -2.84. The lowest BCUT2D eigenvalue weighted by atomic mass is 10.2. The van der Waals surface area contributed by atoms with Crippen LogP contribution in [0.15, 0.2) is 65.6 Å². The fourth-order valence-electron chi connectivity index (χ4n) is 4.31. The van der Waals surface area contributed by atoms with Gasteiger partial charge in [0.2, 0.25) is 5.75 Å². The van der Waals surface area contributed by atoms with E-state index in [-0.39, 0.29) is 23.3 Å². The Morgan fingerprint density at radius 1 is 1.05 bits per heavy atom. The number of piperazine rings is 1. The number of aromatic nitrogens is 2. The first-order valence-corrected chi connectivity index (χ1v) is 14.7. The lowest BCUT2D eigenvalue weighted by Crippen LogP contribution is -2.46. The maximum absolute atomic E-state index is 13.7. The first-order chi connectivity index (χ1) is 18.3. The number of rotatable bonds is 10. The van der Waals surface area contributed by atoms with Gasteiger partial charge < -0.3 is 14.2 Å². The summed E-state index contributed by atoms with van der Waals surface area (Å²) in [5.41, 5.74) is 0.930. The molecule has 1 atom stereocenters. The smallest absolute Gasteiger partial charge is 0.461 e. The number of nitrogens with zero attached hydrogens (tertiary/aromatic N) is 4.